The number of hydrogen-bond donors (Lipinski definition) is 0. The maximum absolute atomic E-state index is 11.2. The molecule has 0 N–H and O–H groups in total. The Hall–Kier alpha value is -1.46. The van der Waals surface area contributed by atoms with Crippen LogP contribution in [-0.4, -0.2) is 37.7 Å². The summed E-state index contributed by atoms with van der Waals surface area (Å²) >= 11 is 0. The van der Waals surface area contributed by atoms with Gasteiger partial charge in [-0.05, 0) is 26.7 Å². The van der Waals surface area contributed by atoms with E-state index in [0.29, 0.717) is 12.8 Å². The van der Waals surface area contributed by atoms with Crippen LogP contribution in [0.5, 0.6) is 0 Å². The highest BCUT2D eigenvalue weighted by atomic mass is 16.8. The molecule has 0 spiro atoms. The molecule has 0 heterocycles. The molecule has 0 aliphatic carbocycles. The number of carbonyl (C=O) groups is 2. The van der Waals surface area contributed by atoms with Crippen LogP contribution in [0, 0.1) is 0 Å². The minimum absolute atomic E-state index is 0.241. The summed E-state index contributed by atoms with van der Waals surface area (Å²) in [7, 11) is 0. The standard InChI is InChI=1S/C12H22O6/c1-5-9(17-11(13)15-7-3)10(6-2)18-12(14)16-8-4/h9-10H,5-8H2,1-4H3. The molecule has 0 amide bonds. The van der Waals surface area contributed by atoms with Gasteiger partial charge in [0, 0.05) is 0 Å². The van der Waals surface area contributed by atoms with Crippen LogP contribution in [-0.2, 0) is 18.9 Å². The molecular formula is C12H22O6. The minimum Gasteiger partial charge on any atom is -0.435 e. The predicted molar refractivity (Wildman–Crippen MR) is 64.4 cm³/mol. The monoisotopic (exact) mass is 262 g/mol. The molecule has 2 unspecified atom stereocenters. The van der Waals surface area contributed by atoms with Crippen molar-refractivity contribution in [2.75, 3.05) is 13.2 Å². The van der Waals surface area contributed by atoms with Gasteiger partial charge in [0.2, 0.25) is 0 Å². The predicted octanol–water partition coefficient (Wildman–Crippen LogP) is 2.89. The van der Waals surface area contributed by atoms with Crippen LogP contribution in [0.15, 0.2) is 0 Å². The largest absolute Gasteiger partial charge is 0.508 e. The Morgan fingerprint density at radius 3 is 1.33 bits per heavy atom. The van der Waals surface area contributed by atoms with Gasteiger partial charge in [0.05, 0.1) is 13.2 Å². The first-order valence-electron chi connectivity index (χ1n) is 6.25. The first kappa shape index (κ1) is 16.5. The minimum atomic E-state index is -0.754. The third kappa shape index (κ3) is 6.32. The fourth-order valence-electron chi connectivity index (χ4n) is 1.40. The van der Waals surface area contributed by atoms with E-state index in [1.165, 1.54) is 0 Å². The molecular weight excluding hydrogens is 240 g/mol. The Morgan fingerprint density at radius 1 is 0.778 bits per heavy atom. The van der Waals surface area contributed by atoms with E-state index in [4.69, 9.17) is 9.47 Å². The summed E-state index contributed by atoms with van der Waals surface area (Å²) in [5, 5.41) is 0. The summed E-state index contributed by atoms with van der Waals surface area (Å²) in [6.07, 6.45) is -1.52. The molecule has 106 valence electrons. The van der Waals surface area contributed by atoms with E-state index in [1.54, 1.807) is 13.8 Å². The Bertz CT molecular complexity index is 227. The molecule has 2 atom stereocenters. The lowest BCUT2D eigenvalue weighted by Gasteiger charge is -2.24. The normalized spacial score (nSPS) is 13.3. The molecule has 0 radical (unpaired) electrons. The Labute approximate surface area is 108 Å². The molecule has 0 aromatic rings. The van der Waals surface area contributed by atoms with Gasteiger partial charge in [0.1, 0.15) is 12.2 Å². The van der Waals surface area contributed by atoms with Crippen molar-refractivity contribution in [2.24, 2.45) is 0 Å². The van der Waals surface area contributed by atoms with Crippen LogP contribution in [0.25, 0.3) is 0 Å². The molecule has 18 heavy (non-hydrogen) atoms. The molecule has 0 aromatic heterocycles. The number of carbonyl (C=O) groups excluding carboxylic acids is 2. The molecule has 0 saturated carbocycles. The number of hydrogen-bond acceptors (Lipinski definition) is 6. The lowest BCUT2D eigenvalue weighted by Crippen LogP contribution is -2.34. The third-order valence-electron chi connectivity index (χ3n) is 2.24. The zero-order chi connectivity index (χ0) is 14.0. The SMILES string of the molecule is CCOC(=O)OC(CC)C(CC)OC(=O)OCC. The van der Waals surface area contributed by atoms with Crippen molar-refractivity contribution in [3.63, 3.8) is 0 Å². The maximum Gasteiger partial charge on any atom is 0.508 e. The van der Waals surface area contributed by atoms with Crippen molar-refractivity contribution in [1.82, 2.24) is 0 Å². The van der Waals surface area contributed by atoms with Gasteiger partial charge < -0.3 is 18.9 Å². The molecule has 6 heteroatoms. The van der Waals surface area contributed by atoms with Crippen molar-refractivity contribution < 1.29 is 28.5 Å². The van der Waals surface area contributed by atoms with Crippen molar-refractivity contribution >= 4 is 12.3 Å². The van der Waals surface area contributed by atoms with Crippen LogP contribution >= 0.6 is 0 Å². The Balaban J connectivity index is 4.37. The molecule has 0 bridgehead atoms. The van der Waals surface area contributed by atoms with Crippen molar-refractivity contribution in [2.45, 2.75) is 52.7 Å². The molecule has 6 nitrogen and oxygen atoms in total. The zero-order valence-electron chi connectivity index (χ0n) is 11.4. The zero-order valence-corrected chi connectivity index (χ0v) is 11.4. The molecule has 0 rings (SSSR count). The van der Waals surface area contributed by atoms with Gasteiger partial charge in [-0.2, -0.15) is 0 Å². The second kappa shape index (κ2) is 9.56. The van der Waals surface area contributed by atoms with E-state index in [0.717, 1.165) is 0 Å². The van der Waals surface area contributed by atoms with Crippen LogP contribution in [0.3, 0.4) is 0 Å². The summed E-state index contributed by atoms with van der Waals surface area (Å²) in [4.78, 5) is 22.5. The summed E-state index contributed by atoms with van der Waals surface area (Å²) in [6.45, 7) is 7.53. The van der Waals surface area contributed by atoms with Crippen molar-refractivity contribution in [3.05, 3.63) is 0 Å². The lowest BCUT2D eigenvalue weighted by atomic mass is 10.1. The van der Waals surface area contributed by atoms with Crippen molar-refractivity contribution in [1.29, 1.82) is 0 Å². The van der Waals surface area contributed by atoms with Crippen LogP contribution in [0.2, 0.25) is 0 Å². The topological polar surface area (TPSA) is 71.1 Å². The van der Waals surface area contributed by atoms with E-state index < -0.39 is 24.5 Å². The maximum atomic E-state index is 11.2. The summed E-state index contributed by atoms with van der Waals surface area (Å²) < 4.78 is 19.5. The molecule has 0 saturated heterocycles. The second-order valence-electron chi connectivity index (χ2n) is 3.50. The smallest absolute Gasteiger partial charge is 0.435 e. The lowest BCUT2D eigenvalue weighted by molar-refractivity contribution is -0.0564. The number of rotatable bonds is 7. The van der Waals surface area contributed by atoms with Crippen molar-refractivity contribution in [3.8, 4) is 0 Å². The van der Waals surface area contributed by atoms with Crippen LogP contribution < -0.4 is 0 Å². The van der Waals surface area contributed by atoms with Crippen LogP contribution in [0.4, 0.5) is 9.59 Å². The van der Waals surface area contributed by atoms with Crippen LogP contribution in [0.1, 0.15) is 40.5 Å². The third-order valence-corrected chi connectivity index (χ3v) is 2.24. The summed E-state index contributed by atoms with van der Waals surface area (Å²) in [5.41, 5.74) is 0. The first-order chi connectivity index (χ1) is 8.58. The fourth-order valence-corrected chi connectivity index (χ4v) is 1.40. The van der Waals surface area contributed by atoms with Gasteiger partial charge in [-0.3, -0.25) is 0 Å². The summed E-state index contributed by atoms with van der Waals surface area (Å²) in [6, 6.07) is 0. The van der Waals surface area contributed by atoms with Gasteiger partial charge >= 0.3 is 12.3 Å². The van der Waals surface area contributed by atoms with Gasteiger partial charge in [-0.25, -0.2) is 9.59 Å². The molecule has 0 fully saturated rings. The van der Waals surface area contributed by atoms with E-state index >= 15 is 0 Å². The van der Waals surface area contributed by atoms with E-state index in [1.807, 2.05) is 13.8 Å². The fraction of sp³-hybridized carbons (Fsp3) is 0.833. The van der Waals surface area contributed by atoms with Gasteiger partial charge in [0.25, 0.3) is 0 Å². The molecule has 0 aliphatic rings. The van der Waals surface area contributed by atoms with Gasteiger partial charge in [-0.1, -0.05) is 13.8 Å². The van der Waals surface area contributed by atoms with E-state index in [-0.39, 0.29) is 13.2 Å². The summed E-state index contributed by atoms with van der Waals surface area (Å²) in [5.74, 6) is 0. The highest BCUT2D eigenvalue weighted by molar-refractivity contribution is 5.61. The highest BCUT2D eigenvalue weighted by Gasteiger charge is 2.27. The highest BCUT2D eigenvalue weighted by Crippen LogP contribution is 2.14. The van der Waals surface area contributed by atoms with E-state index in [9.17, 15) is 9.59 Å². The van der Waals surface area contributed by atoms with Gasteiger partial charge in [-0.15, -0.1) is 0 Å². The van der Waals surface area contributed by atoms with E-state index in [2.05, 4.69) is 9.47 Å². The molecule has 0 aromatic carbocycles. The first-order valence-corrected chi connectivity index (χ1v) is 6.25. The van der Waals surface area contributed by atoms with Gasteiger partial charge in [0.15, 0.2) is 0 Å². The Morgan fingerprint density at radius 2 is 1.11 bits per heavy atom. The number of ether oxygens (including phenoxy) is 4. The quantitative estimate of drug-likeness (QED) is 0.657. The average molecular weight is 262 g/mol. The Kier molecular flexibility index (Phi) is 8.78. The average Bonchev–Trinajstić information content (AvgIpc) is 2.34. The second-order valence-corrected chi connectivity index (χ2v) is 3.50. The molecule has 0 aliphatic heterocycles.